The third kappa shape index (κ3) is 3.01. The van der Waals surface area contributed by atoms with Gasteiger partial charge in [0.1, 0.15) is 0 Å². The highest BCUT2D eigenvalue weighted by atomic mass is 35.5. The van der Waals surface area contributed by atoms with Gasteiger partial charge in [0, 0.05) is 16.6 Å². The zero-order chi connectivity index (χ0) is 8.27. The fourth-order valence-electron chi connectivity index (χ4n) is 1.57. The van der Waals surface area contributed by atoms with Crippen LogP contribution in [0.5, 0.6) is 0 Å². The Balaban J connectivity index is 2.27. The van der Waals surface area contributed by atoms with Crippen molar-refractivity contribution >= 4 is 34.8 Å². The lowest BCUT2D eigenvalue weighted by atomic mass is 9.87. The fourth-order valence-corrected chi connectivity index (χ4v) is 2.32. The fraction of sp³-hybridized carbons (Fsp3) is 1.00. The van der Waals surface area contributed by atoms with Crippen LogP contribution >= 0.6 is 34.8 Å². The largest absolute Gasteiger partial charge is 0.125 e. The van der Waals surface area contributed by atoms with E-state index in [1.54, 1.807) is 0 Å². The van der Waals surface area contributed by atoms with Gasteiger partial charge < -0.3 is 0 Å². The maximum absolute atomic E-state index is 6.02. The van der Waals surface area contributed by atoms with Gasteiger partial charge in [0.05, 0.1) is 0 Å². The normalized spacial score (nSPS) is 35.2. The Labute approximate surface area is 83.2 Å². The van der Waals surface area contributed by atoms with Crippen molar-refractivity contribution in [1.29, 1.82) is 0 Å². The molecule has 1 rings (SSSR count). The molecule has 0 aromatic carbocycles. The molecular weight excluding hydrogens is 202 g/mol. The highest BCUT2D eigenvalue weighted by Gasteiger charge is 2.24. The summed E-state index contributed by atoms with van der Waals surface area (Å²) in [6, 6.07) is 0. The van der Waals surface area contributed by atoms with E-state index in [9.17, 15) is 0 Å². The summed E-state index contributed by atoms with van der Waals surface area (Å²) in [6.45, 7) is 0. The third-order valence-electron chi connectivity index (χ3n) is 2.36. The lowest BCUT2D eigenvalue weighted by Gasteiger charge is -2.27. The second-order valence-corrected chi connectivity index (χ2v) is 4.67. The average molecular weight is 216 g/mol. The van der Waals surface area contributed by atoms with Crippen molar-refractivity contribution in [2.75, 3.05) is 5.88 Å². The summed E-state index contributed by atoms with van der Waals surface area (Å²) < 4.78 is 0. The first kappa shape index (κ1) is 9.95. The van der Waals surface area contributed by atoms with E-state index in [0.29, 0.717) is 17.2 Å². The summed E-state index contributed by atoms with van der Waals surface area (Å²) in [5, 5.41) is 0.534. The molecule has 1 aliphatic carbocycles. The van der Waals surface area contributed by atoms with Gasteiger partial charge in [-0.2, -0.15) is 0 Å². The molecular formula is C8H13Cl3. The molecule has 1 fully saturated rings. The molecule has 1 atom stereocenters. The molecule has 0 amide bonds. The predicted octanol–water partition coefficient (Wildman–Crippen LogP) is 3.63. The van der Waals surface area contributed by atoms with Crippen LogP contribution in [0.2, 0.25) is 0 Å². The monoisotopic (exact) mass is 214 g/mol. The Morgan fingerprint density at radius 1 is 1.18 bits per heavy atom. The summed E-state index contributed by atoms with van der Waals surface area (Å²) in [7, 11) is 0. The van der Waals surface area contributed by atoms with Crippen molar-refractivity contribution in [3.63, 3.8) is 0 Å². The highest BCUT2D eigenvalue weighted by molar-refractivity contribution is 6.28. The number of alkyl halides is 3. The maximum atomic E-state index is 6.02. The molecule has 11 heavy (non-hydrogen) atoms. The lowest BCUT2D eigenvalue weighted by molar-refractivity contribution is 0.359. The molecule has 0 aromatic rings. The van der Waals surface area contributed by atoms with Crippen LogP contribution in [0.15, 0.2) is 0 Å². The molecule has 0 saturated heterocycles. The van der Waals surface area contributed by atoms with Gasteiger partial charge in [0.25, 0.3) is 0 Å². The van der Waals surface area contributed by atoms with Crippen molar-refractivity contribution in [3.8, 4) is 0 Å². The van der Waals surface area contributed by atoms with E-state index in [2.05, 4.69) is 0 Å². The van der Waals surface area contributed by atoms with E-state index in [4.69, 9.17) is 34.8 Å². The number of rotatable bonds is 2. The molecule has 1 aliphatic rings. The van der Waals surface area contributed by atoms with Crippen LogP contribution in [-0.2, 0) is 0 Å². The molecule has 1 unspecified atom stereocenters. The zero-order valence-corrected chi connectivity index (χ0v) is 8.67. The van der Waals surface area contributed by atoms with Crippen LogP contribution in [0.4, 0.5) is 0 Å². The second kappa shape index (κ2) is 4.79. The quantitative estimate of drug-likeness (QED) is 0.617. The lowest BCUT2D eigenvalue weighted by Crippen LogP contribution is -2.23. The minimum absolute atomic E-state index is 0.154. The Hall–Kier alpha value is 0.870. The highest BCUT2D eigenvalue weighted by Crippen LogP contribution is 2.32. The summed E-state index contributed by atoms with van der Waals surface area (Å²) in [6.07, 6.45) is 4.50. The van der Waals surface area contributed by atoms with E-state index >= 15 is 0 Å². The first-order valence-corrected chi connectivity index (χ1v) is 5.49. The van der Waals surface area contributed by atoms with Crippen LogP contribution in [0, 0.1) is 5.92 Å². The SMILES string of the molecule is ClCC(Cl)C1CCC(Cl)CC1. The molecule has 0 bridgehead atoms. The molecule has 0 N–H and O–H groups in total. The van der Waals surface area contributed by atoms with Crippen LogP contribution in [0.3, 0.4) is 0 Å². The van der Waals surface area contributed by atoms with E-state index in [-0.39, 0.29) is 5.38 Å². The molecule has 0 radical (unpaired) electrons. The molecule has 0 heterocycles. The van der Waals surface area contributed by atoms with Gasteiger partial charge in [0.15, 0.2) is 0 Å². The number of hydrogen-bond acceptors (Lipinski definition) is 0. The Morgan fingerprint density at radius 3 is 2.18 bits per heavy atom. The van der Waals surface area contributed by atoms with Gasteiger partial charge in [-0.1, -0.05) is 0 Å². The minimum atomic E-state index is 0.154. The summed E-state index contributed by atoms with van der Waals surface area (Å²) in [5.74, 6) is 1.17. The molecule has 1 saturated carbocycles. The van der Waals surface area contributed by atoms with Crippen LogP contribution in [0.25, 0.3) is 0 Å². The van der Waals surface area contributed by atoms with E-state index in [0.717, 1.165) is 25.7 Å². The molecule has 0 nitrogen and oxygen atoms in total. The molecule has 66 valence electrons. The minimum Gasteiger partial charge on any atom is -0.125 e. The van der Waals surface area contributed by atoms with Crippen molar-refractivity contribution in [3.05, 3.63) is 0 Å². The predicted molar refractivity (Wildman–Crippen MR) is 52.0 cm³/mol. The van der Waals surface area contributed by atoms with Gasteiger partial charge in [-0.05, 0) is 31.6 Å². The van der Waals surface area contributed by atoms with E-state index in [1.807, 2.05) is 0 Å². The molecule has 0 spiro atoms. The summed E-state index contributed by atoms with van der Waals surface area (Å²) in [4.78, 5) is 0. The average Bonchev–Trinajstić information content (AvgIpc) is 2.05. The third-order valence-corrected chi connectivity index (χ3v) is 3.80. The molecule has 3 heteroatoms. The van der Waals surface area contributed by atoms with Gasteiger partial charge in [0.2, 0.25) is 0 Å². The summed E-state index contributed by atoms with van der Waals surface area (Å²) >= 11 is 17.6. The van der Waals surface area contributed by atoms with Crippen molar-refractivity contribution in [2.24, 2.45) is 5.92 Å². The Kier molecular flexibility index (Phi) is 4.33. The number of halogens is 3. The maximum Gasteiger partial charge on any atom is 0.0499 e. The first-order valence-electron chi connectivity index (χ1n) is 4.08. The van der Waals surface area contributed by atoms with Gasteiger partial charge in [-0.25, -0.2) is 0 Å². The van der Waals surface area contributed by atoms with E-state index in [1.165, 1.54) is 0 Å². The second-order valence-electron chi connectivity index (χ2n) is 3.18. The smallest absolute Gasteiger partial charge is 0.0499 e. The van der Waals surface area contributed by atoms with Crippen LogP contribution in [-0.4, -0.2) is 16.6 Å². The standard InChI is InChI=1S/C8H13Cl3/c9-5-8(11)6-1-3-7(10)4-2-6/h6-8H,1-5H2. The van der Waals surface area contributed by atoms with Crippen molar-refractivity contribution in [2.45, 2.75) is 36.4 Å². The first-order chi connectivity index (χ1) is 5.24. The Bertz CT molecular complexity index is 108. The van der Waals surface area contributed by atoms with Crippen molar-refractivity contribution in [1.82, 2.24) is 0 Å². The topological polar surface area (TPSA) is 0 Å². The molecule has 0 aromatic heterocycles. The van der Waals surface area contributed by atoms with Crippen molar-refractivity contribution < 1.29 is 0 Å². The van der Waals surface area contributed by atoms with Gasteiger partial charge in [-0.15, -0.1) is 34.8 Å². The molecule has 0 aliphatic heterocycles. The van der Waals surface area contributed by atoms with Gasteiger partial charge >= 0.3 is 0 Å². The van der Waals surface area contributed by atoms with Gasteiger partial charge in [-0.3, -0.25) is 0 Å². The van der Waals surface area contributed by atoms with Crippen LogP contribution < -0.4 is 0 Å². The summed E-state index contributed by atoms with van der Waals surface area (Å²) in [5.41, 5.74) is 0. The zero-order valence-electron chi connectivity index (χ0n) is 6.40. The van der Waals surface area contributed by atoms with E-state index < -0.39 is 0 Å². The number of hydrogen-bond donors (Lipinski definition) is 0. The Morgan fingerprint density at radius 2 is 1.73 bits per heavy atom. The van der Waals surface area contributed by atoms with Crippen LogP contribution in [0.1, 0.15) is 25.7 Å².